The first-order valence-electron chi connectivity index (χ1n) is 6.75. The number of methoxy groups -OCH3 is 1. The van der Waals surface area contributed by atoms with E-state index in [-0.39, 0.29) is 12.4 Å². The largest absolute Gasteiger partial charge is 0.469 e. The summed E-state index contributed by atoms with van der Waals surface area (Å²) in [5.41, 5.74) is 0.753. The Labute approximate surface area is 123 Å². The molecule has 0 amide bonds. The number of nitrogens with one attached hydrogen (secondary N) is 1. The molecule has 0 aromatic carbocycles. The Bertz CT molecular complexity index is 432. The molecule has 1 aliphatic rings. The van der Waals surface area contributed by atoms with Crippen LogP contribution in [0.2, 0.25) is 0 Å². The molecule has 6 nitrogen and oxygen atoms in total. The molecule has 7 heteroatoms. The van der Waals surface area contributed by atoms with Crippen molar-refractivity contribution in [2.75, 3.05) is 45.3 Å². The molecule has 1 aromatic heterocycles. The average molecular weight is 299 g/mol. The summed E-state index contributed by atoms with van der Waals surface area (Å²) in [4.78, 5) is 18.0. The smallest absolute Gasteiger partial charge is 0.311 e. The Morgan fingerprint density at radius 3 is 3.05 bits per heavy atom. The first-order valence-corrected chi connectivity index (χ1v) is 7.63. The quantitative estimate of drug-likeness (QED) is 0.790. The first-order chi connectivity index (χ1) is 9.67. The number of aromatic nitrogens is 1. The maximum Gasteiger partial charge on any atom is 0.311 e. The number of anilines is 1. The standard InChI is InChI=1S/C13H21N3O3S/c1-10(8-16-3-5-19-6-4-16)14-13-15-11(9-20-13)7-12(17)18-2/h9-10H,3-8H2,1-2H3,(H,14,15). The predicted molar refractivity (Wildman–Crippen MR) is 78.2 cm³/mol. The Balaban J connectivity index is 1.78. The molecule has 1 aliphatic heterocycles. The van der Waals surface area contributed by atoms with Crippen LogP contribution in [0.3, 0.4) is 0 Å². The minimum absolute atomic E-state index is 0.229. The van der Waals surface area contributed by atoms with E-state index in [1.54, 1.807) is 0 Å². The third-order valence-electron chi connectivity index (χ3n) is 3.11. The van der Waals surface area contributed by atoms with Crippen LogP contribution in [0.4, 0.5) is 5.13 Å². The second-order valence-electron chi connectivity index (χ2n) is 4.86. The molecule has 1 saturated heterocycles. The van der Waals surface area contributed by atoms with Gasteiger partial charge in [0.05, 0.1) is 32.4 Å². The fourth-order valence-electron chi connectivity index (χ4n) is 2.10. The number of nitrogens with zero attached hydrogens (tertiary/aromatic N) is 2. The van der Waals surface area contributed by atoms with Crippen molar-refractivity contribution in [2.45, 2.75) is 19.4 Å². The fourth-order valence-corrected chi connectivity index (χ4v) is 2.92. The van der Waals surface area contributed by atoms with Crippen molar-refractivity contribution < 1.29 is 14.3 Å². The zero-order valence-electron chi connectivity index (χ0n) is 11.9. The van der Waals surface area contributed by atoms with E-state index >= 15 is 0 Å². The van der Waals surface area contributed by atoms with Gasteiger partial charge in [-0.2, -0.15) is 0 Å². The average Bonchev–Trinajstić information content (AvgIpc) is 2.86. The summed E-state index contributed by atoms with van der Waals surface area (Å²) < 4.78 is 9.97. The van der Waals surface area contributed by atoms with Crippen molar-refractivity contribution in [3.05, 3.63) is 11.1 Å². The third-order valence-corrected chi connectivity index (χ3v) is 3.93. The first kappa shape index (κ1) is 15.2. The number of esters is 1. The van der Waals surface area contributed by atoms with Gasteiger partial charge >= 0.3 is 5.97 Å². The molecule has 0 saturated carbocycles. The number of ether oxygens (including phenoxy) is 2. The minimum atomic E-state index is -0.261. The van der Waals surface area contributed by atoms with Crippen LogP contribution < -0.4 is 5.32 Å². The number of hydrogen-bond donors (Lipinski definition) is 1. The molecule has 0 spiro atoms. The SMILES string of the molecule is COC(=O)Cc1csc(NC(C)CN2CCOCC2)n1. The Kier molecular flexibility index (Phi) is 5.75. The maximum atomic E-state index is 11.2. The van der Waals surface area contributed by atoms with Crippen LogP contribution in [0.1, 0.15) is 12.6 Å². The van der Waals surface area contributed by atoms with Crippen molar-refractivity contribution in [1.82, 2.24) is 9.88 Å². The van der Waals surface area contributed by atoms with Crippen LogP contribution in [0.25, 0.3) is 0 Å². The number of morpholine rings is 1. The molecule has 0 aliphatic carbocycles. The van der Waals surface area contributed by atoms with Crippen molar-refractivity contribution in [1.29, 1.82) is 0 Å². The number of hydrogen-bond acceptors (Lipinski definition) is 7. The van der Waals surface area contributed by atoms with E-state index in [0.717, 1.165) is 43.7 Å². The predicted octanol–water partition coefficient (Wildman–Crippen LogP) is 0.991. The van der Waals surface area contributed by atoms with E-state index in [9.17, 15) is 4.79 Å². The summed E-state index contributed by atoms with van der Waals surface area (Å²) in [5, 5.41) is 6.11. The summed E-state index contributed by atoms with van der Waals surface area (Å²) in [6.07, 6.45) is 0.229. The monoisotopic (exact) mass is 299 g/mol. The van der Waals surface area contributed by atoms with Gasteiger partial charge < -0.3 is 14.8 Å². The van der Waals surface area contributed by atoms with Crippen LogP contribution in [0, 0.1) is 0 Å². The lowest BCUT2D eigenvalue weighted by Gasteiger charge is -2.29. The maximum absolute atomic E-state index is 11.2. The highest BCUT2D eigenvalue weighted by Gasteiger charge is 2.15. The Morgan fingerprint density at radius 1 is 1.60 bits per heavy atom. The van der Waals surface area contributed by atoms with E-state index in [4.69, 9.17) is 4.74 Å². The van der Waals surface area contributed by atoms with Gasteiger partial charge in [0.15, 0.2) is 5.13 Å². The van der Waals surface area contributed by atoms with E-state index < -0.39 is 0 Å². The molecule has 2 heterocycles. The number of carbonyl (C=O) groups is 1. The summed E-state index contributed by atoms with van der Waals surface area (Å²) in [6.45, 7) is 6.70. The molecule has 20 heavy (non-hydrogen) atoms. The molecule has 0 radical (unpaired) electrons. The molecule has 1 unspecified atom stereocenters. The van der Waals surface area contributed by atoms with Gasteiger partial charge in [0, 0.05) is 31.1 Å². The summed E-state index contributed by atoms with van der Waals surface area (Å²) in [5.74, 6) is -0.261. The molecule has 1 aromatic rings. The van der Waals surface area contributed by atoms with Crippen molar-refractivity contribution >= 4 is 22.4 Å². The third kappa shape index (κ3) is 4.73. The van der Waals surface area contributed by atoms with Gasteiger partial charge in [-0.25, -0.2) is 4.98 Å². The van der Waals surface area contributed by atoms with Gasteiger partial charge in [-0.3, -0.25) is 9.69 Å². The number of carbonyl (C=O) groups excluding carboxylic acids is 1. The zero-order valence-corrected chi connectivity index (χ0v) is 12.7. The molecular weight excluding hydrogens is 278 g/mol. The van der Waals surface area contributed by atoms with Crippen molar-refractivity contribution in [2.24, 2.45) is 0 Å². The molecule has 1 atom stereocenters. The summed E-state index contributed by atoms with van der Waals surface area (Å²) in [6, 6.07) is 0.310. The second-order valence-corrected chi connectivity index (χ2v) is 5.71. The molecule has 0 bridgehead atoms. The Morgan fingerprint density at radius 2 is 2.35 bits per heavy atom. The summed E-state index contributed by atoms with van der Waals surface area (Å²) >= 11 is 1.52. The van der Waals surface area contributed by atoms with E-state index in [2.05, 4.69) is 26.9 Å². The van der Waals surface area contributed by atoms with Gasteiger partial charge in [-0.05, 0) is 6.92 Å². The zero-order chi connectivity index (χ0) is 14.4. The van der Waals surface area contributed by atoms with Crippen molar-refractivity contribution in [3.8, 4) is 0 Å². The normalized spacial score (nSPS) is 17.7. The number of rotatable bonds is 6. The van der Waals surface area contributed by atoms with Gasteiger partial charge in [0.1, 0.15) is 0 Å². The van der Waals surface area contributed by atoms with Crippen LogP contribution in [-0.2, 0) is 20.7 Å². The topological polar surface area (TPSA) is 63.7 Å². The van der Waals surface area contributed by atoms with E-state index in [0.29, 0.717) is 6.04 Å². The lowest BCUT2D eigenvalue weighted by atomic mass is 10.3. The van der Waals surface area contributed by atoms with Crippen LogP contribution in [0.15, 0.2) is 5.38 Å². The Hall–Kier alpha value is -1.18. The molecule has 112 valence electrons. The molecular formula is C13H21N3O3S. The van der Waals surface area contributed by atoms with Crippen LogP contribution in [-0.4, -0.2) is 61.9 Å². The van der Waals surface area contributed by atoms with Gasteiger partial charge in [0.25, 0.3) is 0 Å². The van der Waals surface area contributed by atoms with Gasteiger partial charge in [0.2, 0.25) is 0 Å². The highest BCUT2D eigenvalue weighted by atomic mass is 32.1. The lowest BCUT2D eigenvalue weighted by Crippen LogP contribution is -2.42. The minimum Gasteiger partial charge on any atom is -0.469 e. The van der Waals surface area contributed by atoms with Crippen LogP contribution >= 0.6 is 11.3 Å². The molecule has 1 fully saturated rings. The van der Waals surface area contributed by atoms with Crippen molar-refractivity contribution in [3.63, 3.8) is 0 Å². The molecule has 1 N–H and O–H groups in total. The molecule has 2 rings (SSSR count). The van der Waals surface area contributed by atoms with Crippen LogP contribution in [0.5, 0.6) is 0 Å². The fraction of sp³-hybridized carbons (Fsp3) is 0.692. The van der Waals surface area contributed by atoms with E-state index in [1.165, 1.54) is 18.4 Å². The number of thiazole rings is 1. The summed E-state index contributed by atoms with van der Waals surface area (Å²) in [7, 11) is 1.39. The highest BCUT2D eigenvalue weighted by molar-refractivity contribution is 7.13. The lowest BCUT2D eigenvalue weighted by molar-refractivity contribution is -0.139. The van der Waals surface area contributed by atoms with Gasteiger partial charge in [-0.15, -0.1) is 11.3 Å². The van der Waals surface area contributed by atoms with Gasteiger partial charge in [-0.1, -0.05) is 0 Å². The van der Waals surface area contributed by atoms with E-state index in [1.807, 2.05) is 5.38 Å². The highest BCUT2D eigenvalue weighted by Crippen LogP contribution is 2.17. The second kappa shape index (κ2) is 7.56.